The molecule has 1 aromatic heterocycles. The van der Waals surface area contributed by atoms with Gasteiger partial charge in [0.05, 0.1) is 6.61 Å². The van der Waals surface area contributed by atoms with Gasteiger partial charge < -0.3 is 18.0 Å². The lowest BCUT2D eigenvalue weighted by atomic mass is 10.1. The van der Waals surface area contributed by atoms with Gasteiger partial charge in [-0.2, -0.15) is 0 Å². The Morgan fingerprint density at radius 3 is 1.70 bits per heavy atom. The summed E-state index contributed by atoms with van der Waals surface area (Å²) < 4.78 is 29.1. The fourth-order valence-corrected chi connectivity index (χ4v) is 6.95. The molecule has 0 N–H and O–H groups in total. The minimum absolute atomic E-state index is 0.00881. The first-order valence-corrected chi connectivity index (χ1v) is 22.2. The maximum atomic E-state index is 11.4. The molecule has 8 nitrogen and oxygen atoms in total. The van der Waals surface area contributed by atoms with E-state index >= 15 is 0 Å². The third-order valence-electron chi connectivity index (χ3n) is 9.07. The zero-order valence-corrected chi connectivity index (χ0v) is 29.1. The number of carbonyl (C=O) groups excluding carboxylic acids is 1. The number of hydrogen-bond donors (Lipinski definition) is 0. The van der Waals surface area contributed by atoms with E-state index in [1.165, 1.54) is 0 Å². The SMILES string of the molecule is CC(C)(C)[Si](C)(C)OC[C@H]1O[C@@H](n2cnc(C=O)n2)[C@H](O[Si](C)(C)C(C)(C)C)[C@@H]1O[Si](C)(C)C(C)(C)C. The first-order valence-electron chi connectivity index (χ1n) is 13.4. The highest BCUT2D eigenvalue weighted by Gasteiger charge is 2.55. The van der Waals surface area contributed by atoms with Crippen molar-refractivity contribution < 1.29 is 22.8 Å². The maximum absolute atomic E-state index is 11.4. The first-order chi connectivity index (χ1) is 16.4. The molecule has 11 heteroatoms. The van der Waals surface area contributed by atoms with Crippen molar-refractivity contribution in [1.29, 1.82) is 0 Å². The number of aldehydes is 1. The van der Waals surface area contributed by atoms with Crippen LogP contribution in [0.3, 0.4) is 0 Å². The van der Waals surface area contributed by atoms with Gasteiger partial charge in [0, 0.05) is 0 Å². The lowest BCUT2D eigenvalue weighted by Crippen LogP contribution is -2.54. The van der Waals surface area contributed by atoms with Gasteiger partial charge in [-0.25, -0.2) is 9.67 Å². The zero-order chi connectivity index (χ0) is 28.8. The van der Waals surface area contributed by atoms with Crippen molar-refractivity contribution in [3.05, 3.63) is 12.2 Å². The van der Waals surface area contributed by atoms with Crippen LogP contribution >= 0.6 is 0 Å². The van der Waals surface area contributed by atoms with Crippen molar-refractivity contribution in [3.63, 3.8) is 0 Å². The van der Waals surface area contributed by atoms with Gasteiger partial charge in [0.15, 0.2) is 37.5 Å². The molecular formula is C26H53N3O5Si3. The smallest absolute Gasteiger partial charge is 0.214 e. The molecule has 0 saturated carbocycles. The van der Waals surface area contributed by atoms with Crippen LogP contribution in [-0.2, 0) is 18.0 Å². The second-order valence-electron chi connectivity index (χ2n) is 15.0. The summed E-state index contributed by atoms with van der Waals surface area (Å²) in [5.74, 6) is 0.123. The van der Waals surface area contributed by atoms with Crippen LogP contribution in [0.2, 0.25) is 54.4 Å². The molecule has 4 atom stereocenters. The second-order valence-corrected chi connectivity index (χ2v) is 29.3. The molecule has 2 heterocycles. The molecule has 1 saturated heterocycles. The zero-order valence-electron chi connectivity index (χ0n) is 26.1. The Morgan fingerprint density at radius 1 is 0.838 bits per heavy atom. The van der Waals surface area contributed by atoms with Crippen LogP contribution in [0.4, 0.5) is 0 Å². The average molecular weight is 572 g/mol. The minimum Gasteiger partial charge on any atom is -0.414 e. The molecule has 0 amide bonds. The van der Waals surface area contributed by atoms with E-state index in [1.54, 1.807) is 11.0 Å². The Bertz CT molecular complexity index is 929. The number of hydrogen-bond acceptors (Lipinski definition) is 7. The van der Waals surface area contributed by atoms with Gasteiger partial charge in [0.25, 0.3) is 0 Å². The highest BCUT2D eigenvalue weighted by Crippen LogP contribution is 2.46. The molecule has 214 valence electrons. The monoisotopic (exact) mass is 571 g/mol. The molecule has 2 rings (SSSR count). The quantitative estimate of drug-likeness (QED) is 0.238. The summed E-state index contributed by atoms with van der Waals surface area (Å²) in [6.07, 6.45) is 0.538. The number of carbonyl (C=O) groups is 1. The highest BCUT2D eigenvalue weighted by atomic mass is 28.4. The Hall–Kier alpha value is -0.699. The maximum Gasteiger partial charge on any atom is 0.214 e. The van der Waals surface area contributed by atoms with Crippen molar-refractivity contribution in [3.8, 4) is 0 Å². The third-order valence-corrected chi connectivity index (χ3v) is 22.5. The first kappa shape index (κ1) is 32.5. The standard InChI is InChI=1S/C26H53N3O5Si3/c1-24(2,3)35(10,11)31-17-19-21(33-36(12,13)25(4,5)6)22(34-37(14,15)26(7,8)9)23(32-19)29-18-27-20(16-30)28-29/h16,18-19,21-23H,17H2,1-15H3/t19-,21-,22-,23-/m1/s1. The van der Waals surface area contributed by atoms with E-state index in [-0.39, 0.29) is 33.1 Å². The van der Waals surface area contributed by atoms with Crippen LogP contribution in [0, 0.1) is 0 Å². The van der Waals surface area contributed by atoms with E-state index in [1.807, 2.05) is 0 Å². The Labute approximate surface area is 228 Å². The summed E-state index contributed by atoms with van der Waals surface area (Å²) in [6.45, 7) is 34.0. The van der Waals surface area contributed by atoms with E-state index in [0.29, 0.717) is 12.9 Å². The van der Waals surface area contributed by atoms with Crippen molar-refractivity contribution in [2.24, 2.45) is 0 Å². The van der Waals surface area contributed by atoms with Crippen LogP contribution < -0.4 is 0 Å². The topological polar surface area (TPSA) is 84.7 Å². The fourth-order valence-electron chi connectivity index (χ4n) is 3.33. The van der Waals surface area contributed by atoms with E-state index in [2.05, 4.69) is 112 Å². The molecule has 1 aliphatic heterocycles. The molecule has 0 aliphatic carbocycles. The Morgan fingerprint density at radius 2 is 1.30 bits per heavy atom. The number of aromatic nitrogens is 3. The predicted molar refractivity (Wildman–Crippen MR) is 157 cm³/mol. The summed E-state index contributed by atoms with van der Waals surface area (Å²) in [5.41, 5.74) is 0. The van der Waals surface area contributed by atoms with Gasteiger partial charge in [-0.1, -0.05) is 62.3 Å². The molecule has 0 unspecified atom stereocenters. The Kier molecular flexibility index (Phi) is 9.40. The molecular weight excluding hydrogens is 519 g/mol. The fraction of sp³-hybridized carbons (Fsp3) is 0.885. The van der Waals surface area contributed by atoms with Gasteiger partial charge in [0.1, 0.15) is 24.6 Å². The molecule has 37 heavy (non-hydrogen) atoms. The predicted octanol–water partition coefficient (Wildman–Crippen LogP) is 6.79. The summed E-state index contributed by atoms with van der Waals surface area (Å²) in [4.78, 5) is 15.5. The molecule has 1 aliphatic rings. The van der Waals surface area contributed by atoms with Crippen LogP contribution in [0.15, 0.2) is 6.33 Å². The van der Waals surface area contributed by atoms with E-state index in [0.717, 1.165) is 0 Å². The van der Waals surface area contributed by atoms with Crippen LogP contribution in [0.5, 0.6) is 0 Å². The summed E-state index contributed by atoms with van der Waals surface area (Å²) in [5, 5.41) is 4.46. The largest absolute Gasteiger partial charge is 0.414 e. The molecule has 0 aromatic carbocycles. The lowest BCUT2D eigenvalue weighted by Gasteiger charge is -2.44. The van der Waals surface area contributed by atoms with Crippen molar-refractivity contribution in [2.45, 2.75) is 141 Å². The van der Waals surface area contributed by atoms with Gasteiger partial charge in [0.2, 0.25) is 5.82 Å². The highest BCUT2D eigenvalue weighted by molar-refractivity contribution is 6.75. The summed E-state index contributed by atoms with van der Waals surface area (Å²) in [7, 11) is -6.48. The molecule has 0 bridgehead atoms. The number of ether oxygens (including phenoxy) is 1. The lowest BCUT2D eigenvalue weighted by molar-refractivity contribution is -0.0548. The average Bonchev–Trinajstić information content (AvgIpc) is 3.29. The van der Waals surface area contributed by atoms with E-state index in [9.17, 15) is 4.79 Å². The van der Waals surface area contributed by atoms with Gasteiger partial charge in [-0.15, -0.1) is 5.10 Å². The van der Waals surface area contributed by atoms with Crippen molar-refractivity contribution in [1.82, 2.24) is 14.8 Å². The van der Waals surface area contributed by atoms with E-state index < -0.39 is 37.3 Å². The molecule has 0 radical (unpaired) electrons. The van der Waals surface area contributed by atoms with E-state index in [4.69, 9.17) is 18.0 Å². The summed E-state index contributed by atoms with van der Waals surface area (Å²) >= 11 is 0. The van der Waals surface area contributed by atoms with Crippen LogP contribution in [0.25, 0.3) is 0 Å². The van der Waals surface area contributed by atoms with Gasteiger partial charge in [-0.3, -0.25) is 4.79 Å². The summed E-state index contributed by atoms with van der Waals surface area (Å²) in [6, 6.07) is 0. The van der Waals surface area contributed by atoms with Gasteiger partial charge in [-0.05, 0) is 54.4 Å². The number of rotatable bonds is 9. The van der Waals surface area contributed by atoms with Crippen molar-refractivity contribution >= 4 is 31.2 Å². The van der Waals surface area contributed by atoms with Crippen LogP contribution in [0.1, 0.15) is 79.2 Å². The number of nitrogens with zero attached hydrogens (tertiary/aromatic N) is 3. The van der Waals surface area contributed by atoms with Crippen LogP contribution in [-0.4, -0.2) is 70.9 Å². The third kappa shape index (κ3) is 7.29. The van der Waals surface area contributed by atoms with Gasteiger partial charge >= 0.3 is 0 Å². The minimum atomic E-state index is -2.24. The van der Waals surface area contributed by atoms with Crippen molar-refractivity contribution in [2.75, 3.05) is 6.61 Å². The second kappa shape index (κ2) is 10.7. The normalized spacial score (nSPS) is 24.5. The molecule has 1 aromatic rings. The molecule has 0 spiro atoms. The Balaban J connectivity index is 2.57. The molecule has 1 fully saturated rings.